The van der Waals surface area contributed by atoms with E-state index in [2.05, 4.69) is 5.32 Å². The molecule has 174 valence electrons. The molecule has 0 unspecified atom stereocenters. The van der Waals surface area contributed by atoms with E-state index in [9.17, 15) is 9.59 Å². The van der Waals surface area contributed by atoms with Crippen molar-refractivity contribution < 1.29 is 23.4 Å². The molecule has 3 aromatic carbocycles. The second kappa shape index (κ2) is 10.6. The Kier molecular flexibility index (Phi) is 7.13. The van der Waals surface area contributed by atoms with Crippen LogP contribution >= 0.6 is 0 Å². The van der Waals surface area contributed by atoms with Crippen molar-refractivity contribution in [2.75, 3.05) is 27.4 Å². The maximum atomic E-state index is 13.2. The first-order chi connectivity index (χ1) is 16.6. The highest BCUT2D eigenvalue weighted by atomic mass is 16.5. The SMILES string of the molecule is COc1ccc(-c2oc3ccccc3c(=O)c2OCC(=O)NCCc2ccccc2)cc1OC. The number of nitrogens with one attached hydrogen (secondary N) is 1. The third-order valence-electron chi connectivity index (χ3n) is 5.33. The molecular weight excluding hydrogens is 434 g/mol. The number of ether oxygens (including phenoxy) is 3. The quantitative estimate of drug-likeness (QED) is 0.403. The van der Waals surface area contributed by atoms with Crippen molar-refractivity contribution in [3.63, 3.8) is 0 Å². The predicted molar refractivity (Wildman–Crippen MR) is 130 cm³/mol. The van der Waals surface area contributed by atoms with Crippen molar-refractivity contribution in [2.24, 2.45) is 0 Å². The predicted octanol–water partition coefficient (Wildman–Crippen LogP) is 4.21. The second-order valence-corrected chi connectivity index (χ2v) is 7.53. The van der Waals surface area contributed by atoms with Crippen LogP contribution in [0.2, 0.25) is 0 Å². The third-order valence-corrected chi connectivity index (χ3v) is 5.33. The molecule has 0 atom stereocenters. The lowest BCUT2D eigenvalue weighted by atomic mass is 10.1. The Labute approximate surface area is 196 Å². The van der Waals surface area contributed by atoms with Crippen LogP contribution < -0.4 is 25.0 Å². The fourth-order valence-electron chi connectivity index (χ4n) is 3.60. The zero-order valence-electron chi connectivity index (χ0n) is 19.0. The summed E-state index contributed by atoms with van der Waals surface area (Å²) in [5.74, 6) is 0.850. The van der Waals surface area contributed by atoms with E-state index < -0.39 is 0 Å². The third kappa shape index (κ3) is 5.04. The molecule has 1 N–H and O–H groups in total. The van der Waals surface area contributed by atoms with Crippen molar-refractivity contribution >= 4 is 16.9 Å². The number of carbonyl (C=O) groups excluding carboxylic acids is 1. The first-order valence-corrected chi connectivity index (χ1v) is 10.8. The minimum atomic E-state index is -0.358. The molecule has 7 nitrogen and oxygen atoms in total. The first-order valence-electron chi connectivity index (χ1n) is 10.8. The zero-order chi connectivity index (χ0) is 23.9. The minimum absolute atomic E-state index is 0.0378. The zero-order valence-corrected chi connectivity index (χ0v) is 19.0. The number of para-hydroxylation sites is 1. The lowest BCUT2D eigenvalue weighted by Crippen LogP contribution is -2.31. The van der Waals surface area contributed by atoms with Crippen molar-refractivity contribution in [2.45, 2.75) is 6.42 Å². The fourth-order valence-corrected chi connectivity index (χ4v) is 3.60. The number of hydrogen-bond donors (Lipinski definition) is 1. The molecule has 0 aliphatic carbocycles. The summed E-state index contributed by atoms with van der Waals surface area (Å²) in [7, 11) is 3.06. The number of methoxy groups -OCH3 is 2. The lowest BCUT2D eigenvalue weighted by Gasteiger charge is -2.13. The molecule has 0 saturated heterocycles. The van der Waals surface area contributed by atoms with Crippen LogP contribution in [0.4, 0.5) is 0 Å². The van der Waals surface area contributed by atoms with Crippen LogP contribution in [-0.4, -0.2) is 33.3 Å². The fraction of sp³-hybridized carbons (Fsp3) is 0.185. The molecule has 0 bridgehead atoms. The Morgan fingerprint density at radius 2 is 1.65 bits per heavy atom. The van der Waals surface area contributed by atoms with Gasteiger partial charge in [-0.3, -0.25) is 9.59 Å². The van der Waals surface area contributed by atoms with Gasteiger partial charge >= 0.3 is 0 Å². The van der Waals surface area contributed by atoms with Crippen molar-refractivity contribution in [1.82, 2.24) is 5.32 Å². The molecule has 7 heteroatoms. The molecule has 0 spiro atoms. The highest BCUT2D eigenvalue weighted by molar-refractivity contribution is 5.83. The van der Waals surface area contributed by atoms with Gasteiger partial charge in [0.2, 0.25) is 11.2 Å². The summed E-state index contributed by atoms with van der Waals surface area (Å²) in [6.45, 7) is 0.138. The Morgan fingerprint density at radius 3 is 2.41 bits per heavy atom. The van der Waals surface area contributed by atoms with Gasteiger partial charge in [0.1, 0.15) is 5.58 Å². The van der Waals surface area contributed by atoms with Gasteiger partial charge in [0.15, 0.2) is 23.9 Å². The molecule has 4 aromatic rings. The molecule has 1 heterocycles. The molecule has 0 aliphatic rings. The Bertz CT molecular complexity index is 1350. The van der Waals surface area contributed by atoms with Crippen LogP contribution in [0.25, 0.3) is 22.3 Å². The average Bonchev–Trinajstić information content (AvgIpc) is 2.88. The summed E-state index contributed by atoms with van der Waals surface area (Å²) < 4.78 is 22.5. The Hall–Kier alpha value is -4.26. The molecule has 1 amide bonds. The normalized spacial score (nSPS) is 10.6. The van der Waals surface area contributed by atoms with Gasteiger partial charge in [-0.2, -0.15) is 0 Å². The highest BCUT2D eigenvalue weighted by Crippen LogP contribution is 2.36. The lowest BCUT2D eigenvalue weighted by molar-refractivity contribution is -0.123. The monoisotopic (exact) mass is 459 g/mol. The number of hydrogen-bond acceptors (Lipinski definition) is 6. The molecule has 1 aromatic heterocycles. The molecule has 34 heavy (non-hydrogen) atoms. The first kappa shape index (κ1) is 22.9. The van der Waals surface area contributed by atoms with Gasteiger partial charge in [0.05, 0.1) is 19.6 Å². The van der Waals surface area contributed by atoms with E-state index in [1.165, 1.54) is 7.11 Å². The van der Waals surface area contributed by atoms with E-state index in [1.54, 1.807) is 49.6 Å². The molecule has 0 radical (unpaired) electrons. The van der Waals surface area contributed by atoms with Crippen molar-refractivity contribution in [3.8, 4) is 28.6 Å². The van der Waals surface area contributed by atoms with Crippen molar-refractivity contribution in [1.29, 1.82) is 0 Å². The summed E-state index contributed by atoms with van der Waals surface area (Å²) >= 11 is 0. The van der Waals surface area contributed by atoms with Gasteiger partial charge < -0.3 is 23.9 Å². The summed E-state index contributed by atoms with van der Waals surface area (Å²) in [5.41, 5.74) is 1.73. The average molecular weight is 459 g/mol. The second-order valence-electron chi connectivity index (χ2n) is 7.53. The largest absolute Gasteiger partial charge is 0.493 e. The molecule has 4 rings (SSSR count). The molecule has 0 fully saturated rings. The summed E-state index contributed by atoms with van der Waals surface area (Å²) in [4.78, 5) is 25.6. The van der Waals surface area contributed by atoms with Crippen molar-refractivity contribution in [3.05, 3.63) is 88.6 Å². The highest BCUT2D eigenvalue weighted by Gasteiger charge is 2.20. The van der Waals surface area contributed by atoms with Crippen LogP contribution in [-0.2, 0) is 11.2 Å². The molecule has 0 aliphatic heterocycles. The standard InChI is InChI=1S/C27H25NO6/c1-31-22-13-12-19(16-23(22)32-2)26-27(25(30)20-10-6-7-11-21(20)34-26)33-17-24(29)28-15-14-18-8-4-3-5-9-18/h3-13,16H,14-15,17H2,1-2H3,(H,28,29). The molecular formula is C27H25NO6. The minimum Gasteiger partial charge on any atom is -0.493 e. The van der Waals surface area contributed by atoms with Crippen LogP contribution in [0.3, 0.4) is 0 Å². The summed E-state index contributed by atoms with van der Waals surface area (Å²) in [6.07, 6.45) is 0.696. The number of fused-ring (bicyclic) bond motifs is 1. The van der Waals surface area contributed by atoms with Crippen LogP contribution in [0.15, 0.2) is 82.0 Å². The van der Waals surface area contributed by atoms with Crippen LogP contribution in [0.1, 0.15) is 5.56 Å². The number of carbonyl (C=O) groups is 1. The maximum Gasteiger partial charge on any atom is 0.257 e. The van der Waals surface area contributed by atoms with Crippen LogP contribution in [0, 0.1) is 0 Å². The number of benzene rings is 3. The summed E-state index contributed by atoms with van der Waals surface area (Å²) in [5, 5.41) is 3.18. The topological polar surface area (TPSA) is 87.0 Å². The Balaban J connectivity index is 1.59. The summed E-state index contributed by atoms with van der Waals surface area (Å²) in [6, 6.07) is 21.9. The van der Waals surface area contributed by atoms with E-state index >= 15 is 0 Å². The van der Waals surface area contributed by atoms with Crippen LogP contribution in [0.5, 0.6) is 17.2 Å². The van der Waals surface area contributed by atoms with Gasteiger partial charge in [-0.05, 0) is 42.3 Å². The van der Waals surface area contributed by atoms with Gasteiger partial charge in [-0.15, -0.1) is 0 Å². The van der Waals surface area contributed by atoms with Gasteiger partial charge in [-0.1, -0.05) is 42.5 Å². The smallest absolute Gasteiger partial charge is 0.257 e. The maximum absolute atomic E-state index is 13.2. The van der Waals surface area contributed by atoms with E-state index in [1.807, 2.05) is 30.3 Å². The number of rotatable bonds is 9. The number of amides is 1. The Morgan fingerprint density at radius 1 is 0.912 bits per heavy atom. The van der Waals surface area contributed by atoms with Gasteiger partial charge in [0.25, 0.3) is 5.91 Å². The van der Waals surface area contributed by atoms with Gasteiger partial charge in [-0.25, -0.2) is 0 Å². The van der Waals surface area contributed by atoms with Gasteiger partial charge in [0, 0.05) is 12.1 Å². The molecule has 0 saturated carbocycles. The van der Waals surface area contributed by atoms with E-state index in [0.717, 1.165) is 5.56 Å². The van der Waals surface area contributed by atoms with E-state index in [4.69, 9.17) is 18.6 Å². The van der Waals surface area contributed by atoms with E-state index in [-0.39, 0.29) is 29.5 Å². The van der Waals surface area contributed by atoms with E-state index in [0.29, 0.717) is 41.0 Å².